The summed E-state index contributed by atoms with van der Waals surface area (Å²) in [6, 6.07) is 5.27. The molecule has 0 saturated carbocycles. The summed E-state index contributed by atoms with van der Waals surface area (Å²) in [6.45, 7) is 5.86. The van der Waals surface area contributed by atoms with Gasteiger partial charge in [0, 0.05) is 6.61 Å². The summed E-state index contributed by atoms with van der Waals surface area (Å²) in [4.78, 5) is 3.90. The van der Waals surface area contributed by atoms with Crippen molar-refractivity contribution in [3.8, 4) is 11.8 Å². The van der Waals surface area contributed by atoms with E-state index in [0.717, 1.165) is 0 Å². The Kier molecular flexibility index (Phi) is 9.15. The van der Waals surface area contributed by atoms with Gasteiger partial charge in [-0.1, -0.05) is 0 Å². The molecule has 0 saturated heterocycles. The second kappa shape index (κ2) is 11.2. The van der Waals surface area contributed by atoms with E-state index < -0.39 is 0 Å². The third-order valence-electron chi connectivity index (χ3n) is 2.30. The summed E-state index contributed by atoms with van der Waals surface area (Å²) in [7, 11) is 0. The Morgan fingerprint density at radius 3 is 2.20 bits per heavy atom. The molecule has 0 N–H and O–H groups in total. The molecule has 0 bridgehead atoms. The highest BCUT2D eigenvalue weighted by Gasteiger charge is 1.96. The van der Waals surface area contributed by atoms with Crippen LogP contribution in [0.5, 0.6) is 5.75 Å². The van der Waals surface area contributed by atoms with Crippen molar-refractivity contribution in [2.24, 2.45) is 0 Å². The van der Waals surface area contributed by atoms with Crippen molar-refractivity contribution in [2.75, 3.05) is 46.2 Å². The van der Waals surface area contributed by atoms with Gasteiger partial charge in [0.2, 0.25) is 0 Å². The standard InChI is InChI=1S/C14H20N2O4/c1-2-17-5-6-18-7-8-19-9-10-20-14-4-3-13(11-15)16-12-14/h3-4,12H,2,5-10H2,1H3. The maximum Gasteiger partial charge on any atom is 0.140 e. The van der Waals surface area contributed by atoms with Crippen LogP contribution in [0.25, 0.3) is 0 Å². The maximum atomic E-state index is 8.60. The lowest BCUT2D eigenvalue weighted by atomic mass is 10.4. The lowest BCUT2D eigenvalue weighted by Crippen LogP contribution is -2.12. The first-order valence-electron chi connectivity index (χ1n) is 6.59. The molecule has 1 aromatic rings. The second-order valence-corrected chi connectivity index (χ2v) is 3.76. The summed E-state index contributed by atoms with van der Waals surface area (Å²) in [6.07, 6.45) is 1.52. The van der Waals surface area contributed by atoms with E-state index in [0.29, 0.717) is 57.7 Å². The van der Waals surface area contributed by atoms with Gasteiger partial charge >= 0.3 is 0 Å². The van der Waals surface area contributed by atoms with Gasteiger partial charge in [-0.05, 0) is 19.1 Å². The molecule has 0 fully saturated rings. The topological polar surface area (TPSA) is 73.6 Å². The van der Waals surface area contributed by atoms with Gasteiger partial charge in [0.1, 0.15) is 24.1 Å². The zero-order chi connectivity index (χ0) is 14.5. The Morgan fingerprint density at radius 1 is 1.00 bits per heavy atom. The van der Waals surface area contributed by atoms with Crippen molar-refractivity contribution in [3.63, 3.8) is 0 Å². The number of ether oxygens (including phenoxy) is 4. The Morgan fingerprint density at radius 2 is 1.65 bits per heavy atom. The second-order valence-electron chi connectivity index (χ2n) is 3.76. The van der Waals surface area contributed by atoms with Crippen molar-refractivity contribution in [2.45, 2.75) is 6.92 Å². The summed E-state index contributed by atoms with van der Waals surface area (Å²) in [5.74, 6) is 0.626. The van der Waals surface area contributed by atoms with Gasteiger partial charge in [-0.15, -0.1) is 0 Å². The fraction of sp³-hybridized carbons (Fsp3) is 0.571. The molecule has 20 heavy (non-hydrogen) atoms. The minimum atomic E-state index is 0.373. The van der Waals surface area contributed by atoms with Crippen molar-refractivity contribution < 1.29 is 18.9 Å². The SMILES string of the molecule is CCOCCOCCOCCOc1ccc(C#N)nc1. The van der Waals surface area contributed by atoms with Crippen molar-refractivity contribution >= 4 is 0 Å². The van der Waals surface area contributed by atoms with Gasteiger partial charge in [0.05, 0.1) is 39.2 Å². The van der Waals surface area contributed by atoms with Crippen molar-refractivity contribution in [1.82, 2.24) is 4.98 Å². The largest absolute Gasteiger partial charge is 0.490 e. The number of nitriles is 1. The molecule has 0 unspecified atom stereocenters. The van der Waals surface area contributed by atoms with Gasteiger partial charge in [0.25, 0.3) is 0 Å². The van der Waals surface area contributed by atoms with E-state index in [-0.39, 0.29) is 0 Å². The van der Waals surface area contributed by atoms with Crippen molar-refractivity contribution in [1.29, 1.82) is 5.26 Å². The van der Waals surface area contributed by atoms with Crippen LogP contribution in [0, 0.1) is 11.3 Å². The lowest BCUT2D eigenvalue weighted by molar-refractivity contribution is 0.0114. The van der Waals surface area contributed by atoms with Crippen LogP contribution in [-0.4, -0.2) is 51.2 Å². The average Bonchev–Trinajstić information content (AvgIpc) is 2.50. The molecular formula is C14H20N2O4. The highest BCUT2D eigenvalue weighted by molar-refractivity contribution is 5.26. The third kappa shape index (κ3) is 7.69. The fourth-order valence-corrected chi connectivity index (χ4v) is 1.33. The van der Waals surface area contributed by atoms with E-state index in [9.17, 15) is 0 Å². The monoisotopic (exact) mass is 280 g/mol. The average molecular weight is 280 g/mol. The minimum Gasteiger partial charge on any atom is -0.490 e. The van der Waals surface area contributed by atoms with Crippen LogP contribution in [0.15, 0.2) is 18.3 Å². The molecule has 0 aliphatic carbocycles. The maximum absolute atomic E-state index is 8.60. The number of rotatable bonds is 11. The zero-order valence-electron chi connectivity index (χ0n) is 11.7. The molecule has 1 rings (SSSR count). The first-order valence-corrected chi connectivity index (χ1v) is 6.59. The summed E-state index contributed by atoms with van der Waals surface area (Å²) < 4.78 is 21.2. The smallest absolute Gasteiger partial charge is 0.140 e. The normalized spacial score (nSPS) is 10.2. The summed E-state index contributed by atoms with van der Waals surface area (Å²) in [5.41, 5.74) is 0.373. The van der Waals surface area contributed by atoms with E-state index in [2.05, 4.69) is 4.98 Å². The van der Waals surface area contributed by atoms with E-state index in [1.54, 1.807) is 12.1 Å². The van der Waals surface area contributed by atoms with E-state index in [1.165, 1.54) is 6.20 Å². The lowest BCUT2D eigenvalue weighted by Gasteiger charge is -2.07. The van der Waals surface area contributed by atoms with Gasteiger partial charge in [-0.2, -0.15) is 5.26 Å². The minimum absolute atomic E-state index is 0.373. The van der Waals surface area contributed by atoms with E-state index in [1.807, 2.05) is 13.0 Å². The third-order valence-corrected chi connectivity index (χ3v) is 2.30. The van der Waals surface area contributed by atoms with Crippen LogP contribution in [0.3, 0.4) is 0 Å². The van der Waals surface area contributed by atoms with Crippen LogP contribution in [0.2, 0.25) is 0 Å². The zero-order valence-corrected chi connectivity index (χ0v) is 11.7. The quantitative estimate of drug-likeness (QED) is 0.570. The van der Waals surface area contributed by atoms with Crippen molar-refractivity contribution in [3.05, 3.63) is 24.0 Å². The van der Waals surface area contributed by atoms with Crippen LogP contribution in [0.4, 0.5) is 0 Å². The Hall–Kier alpha value is -1.68. The molecule has 0 amide bonds. The Bertz CT molecular complexity index is 389. The van der Waals surface area contributed by atoms with Crippen LogP contribution < -0.4 is 4.74 Å². The highest BCUT2D eigenvalue weighted by Crippen LogP contribution is 2.08. The number of pyridine rings is 1. The fourth-order valence-electron chi connectivity index (χ4n) is 1.33. The molecule has 6 heteroatoms. The number of hydrogen-bond acceptors (Lipinski definition) is 6. The number of hydrogen-bond donors (Lipinski definition) is 0. The number of aromatic nitrogens is 1. The molecule has 0 aromatic carbocycles. The van der Waals surface area contributed by atoms with Gasteiger partial charge in [0.15, 0.2) is 0 Å². The van der Waals surface area contributed by atoms with Gasteiger partial charge in [-0.25, -0.2) is 4.98 Å². The molecule has 6 nitrogen and oxygen atoms in total. The summed E-state index contributed by atoms with van der Waals surface area (Å²) in [5, 5.41) is 8.60. The molecule has 0 aliphatic heterocycles. The van der Waals surface area contributed by atoms with Gasteiger partial charge < -0.3 is 18.9 Å². The van der Waals surface area contributed by atoms with E-state index in [4.69, 9.17) is 24.2 Å². The van der Waals surface area contributed by atoms with Crippen LogP contribution in [0.1, 0.15) is 12.6 Å². The molecule has 0 radical (unpaired) electrons. The molecular weight excluding hydrogens is 260 g/mol. The predicted octanol–water partition coefficient (Wildman–Crippen LogP) is 1.40. The molecule has 1 aromatic heterocycles. The van der Waals surface area contributed by atoms with Crippen LogP contribution in [-0.2, 0) is 14.2 Å². The van der Waals surface area contributed by atoms with Crippen LogP contribution >= 0.6 is 0 Å². The van der Waals surface area contributed by atoms with E-state index >= 15 is 0 Å². The van der Waals surface area contributed by atoms with Gasteiger partial charge in [-0.3, -0.25) is 0 Å². The molecule has 1 heterocycles. The Labute approximate surface area is 119 Å². The molecule has 110 valence electrons. The first kappa shape index (κ1) is 16.4. The Balaban J connectivity index is 1.93. The molecule has 0 atom stereocenters. The highest BCUT2D eigenvalue weighted by atomic mass is 16.6. The summed E-state index contributed by atoms with van der Waals surface area (Å²) >= 11 is 0. The molecule has 0 aliphatic rings. The molecule has 0 spiro atoms. The first-order chi connectivity index (χ1) is 9.86. The number of nitrogens with zero attached hydrogens (tertiary/aromatic N) is 2. The predicted molar refractivity (Wildman–Crippen MR) is 72.6 cm³/mol.